The zero-order valence-corrected chi connectivity index (χ0v) is 14.1. The van der Waals surface area contributed by atoms with Crippen molar-refractivity contribution in [3.05, 3.63) is 58.4 Å². The van der Waals surface area contributed by atoms with Gasteiger partial charge < -0.3 is 14.5 Å². The average molecular weight is 366 g/mol. The van der Waals surface area contributed by atoms with E-state index < -0.39 is 30.1 Å². The molecule has 1 saturated heterocycles. The van der Waals surface area contributed by atoms with E-state index in [9.17, 15) is 19.2 Å². The standard InChI is InChI=1S/C19H14N2O6/c22-15-8-20-19(25)21(15)9-17(24)26-10-12-7-16(23)27-14-6-5-11-3-1-2-4-13(11)18(12)14/h1-7H,8-10H2,(H,20,25). The highest BCUT2D eigenvalue weighted by atomic mass is 16.5. The third-order valence-electron chi connectivity index (χ3n) is 4.33. The minimum atomic E-state index is -0.748. The van der Waals surface area contributed by atoms with Gasteiger partial charge in [0.2, 0.25) is 0 Å². The molecule has 0 saturated carbocycles. The van der Waals surface area contributed by atoms with Crippen LogP contribution in [0.2, 0.25) is 0 Å². The van der Waals surface area contributed by atoms with E-state index in [0.717, 1.165) is 15.7 Å². The summed E-state index contributed by atoms with van der Waals surface area (Å²) < 4.78 is 10.5. The summed E-state index contributed by atoms with van der Waals surface area (Å²) in [6.07, 6.45) is 0. The number of ether oxygens (including phenoxy) is 1. The number of urea groups is 1. The first-order chi connectivity index (χ1) is 13.0. The van der Waals surface area contributed by atoms with Crippen molar-refractivity contribution in [3.8, 4) is 0 Å². The van der Waals surface area contributed by atoms with Gasteiger partial charge in [0.15, 0.2) is 0 Å². The molecule has 0 spiro atoms. The van der Waals surface area contributed by atoms with Crippen LogP contribution in [0.3, 0.4) is 0 Å². The largest absolute Gasteiger partial charge is 0.459 e. The van der Waals surface area contributed by atoms with Gasteiger partial charge >= 0.3 is 17.6 Å². The summed E-state index contributed by atoms with van der Waals surface area (Å²) in [7, 11) is 0. The smallest absolute Gasteiger partial charge is 0.336 e. The van der Waals surface area contributed by atoms with Crippen LogP contribution < -0.4 is 10.9 Å². The third-order valence-corrected chi connectivity index (χ3v) is 4.33. The average Bonchev–Trinajstić information content (AvgIpc) is 2.97. The lowest BCUT2D eigenvalue weighted by atomic mass is 10.0. The van der Waals surface area contributed by atoms with E-state index in [1.165, 1.54) is 6.07 Å². The second-order valence-electron chi connectivity index (χ2n) is 6.05. The predicted octanol–water partition coefficient (Wildman–Crippen LogP) is 1.54. The van der Waals surface area contributed by atoms with Gasteiger partial charge in [-0.25, -0.2) is 9.59 Å². The monoisotopic (exact) mass is 366 g/mol. The van der Waals surface area contributed by atoms with E-state index in [-0.39, 0.29) is 13.2 Å². The summed E-state index contributed by atoms with van der Waals surface area (Å²) in [5.41, 5.74) is 0.322. The number of hydrogen-bond donors (Lipinski definition) is 1. The minimum absolute atomic E-state index is 0.136. The first-order valence-electron chi connectivity index (χ1n) is 8.21. The first-order valence-corrected chi connectivity index (χ1v) is 8.21. The van der Waals surface area contributed by atoms with Crippen LogP contribution in [0.15, 0.2) is 51.7 Å². The zero-order chi connectivity index (χ0) is 19.0. The Hall–Kier alpha value is -3.68. The first kappa shape index (κ1) is 16.8. The predicted molar refractivity (Wildman–Crippen MR) is 94.9 cm³/mol. The molecular weight excluding hydrogens is 352 g/mol. The van der Waals surface area contributed by atoms with Crippen molar-refractivity contribution in [2.75, 3.05) is 13.1 Å². The summed E-state index contributed by atoms with van der Waals surface area (Å²) in [5, 5.41) is 4.81. The van der Waals surface area contributed by atoms with Crippen LogP contribution in [-0.4, -0.2) is 35.9 Å². The van der Waals surface area contributed by atoms with Crippen LogP contribution in [0, 0.1) is 0 Å². The number of hydrogen-bond acceptors (Lipinski definition) is 6. The summed E-state index contributed by atoms with van der Waals surface area (Å²) in [6, 6.07) is 11.7. The Morgan fingerprint density at radius 1 is 1.15 bits per heavy atom. The highest BCUT2D eigenvalue weighted by Gasteiger charge is 2.30. The molecule has 2 heterocycles. The molecule has 0 aliphatic carbocycles. The van der Waals surface area contributed by atoms with Gasteiger partial charge in [0.05, 0.1) is 6.54 Å². The molecule has 1 aliphatic rings. The van der Waals surface area contributed by atoms with Crippen LogP contribution in [0.4, 0.5) is 4.79 Å². The van der Waals surface area contributed by atoms with Crippen LogP contribution >= 0.6 is 0 Å². The summed E-state index contributed by atoms with van der Waals surface area (Å²) >= 11 is 0. The number of fused-ring (bicyclic) bond motifs is 3. The topological polar surface area (TPSA) is 106 Å². The molecule has 1 N–H and O–H groups in total. The van der Waals surface area contributed by atoms with Crippen LogP contribution in [0.1, 0.15) is 5.56 Å². The summed E-state index contributed by atoms with van der Waals surface area (Å²) in [5.74, 6) is -1.24. The van der Waals surface area contributed by atoms with Gasteiger partial charge in [-0.2, -0.15) is 0 Å². The Labute approximate surface area is 152 Å². The number of amides is 3. The summed E-state index contributed by atoms with van der Waals surface area (Å²) in [4.78, 5) is 47.7. The quantitative estimate of drug-likeness (QED) is 0.325. The van der Waals surface area contributed by atoms with Crippen LogP contribution in [0.5, 0.6) is 0 Å². The molecule has 3 aromatic rings. The molecule has 0 atom stereocenters. The van der Waals surface area contributed by atoms with Gasteiger partial charge in [0.1, 0.15) is 18.7 Å². The number of carbonyl (C=O) groups excluding carboxylic acids is 3. The maximum absolute atomic E-state index is 12.1. The lowest BCUT2D eigenvalue weighted by Crippen LogP contribution is -2.36. The highest BCUT2D eigenvalue weighted by Crippen LogP contribution is 2.27. The maximum Gasteiger partial charge on any atom is 0.336 e. The molecule has 1 aliphatic heterocycles. The number of rotatable bonds is 4. The fraction of sp³-hybridized carbons (Fsp3) is 0.158. The Kier molecular flexibility index (Phi) is 4.08. The SMILES string of the molecule is O=C(CN1C(=O)CNC1=O)OCc1cc(=O)oc2ccc3ccccc3c12. The molecule has 0 unspecified atom stereocenters. The second kappa shape index (κ2) is 6.56. The fourth-order valence-corrected chi connectivity index (χ4v) is 3.08. The Morgan fingerprint density at radius 3 is 2.74 bits per heavy atom. The molecule has 8 heteroatoms. The maximum atomic E-state index is 12.1. The summed E-state index contributed by atoms with van der Waals surface area (Å²) in [6.45, 7) is -0.800. The van der Waals surface area contributed by atoms with E-state index >= 15 is 0 Å². The van der Waals surface area contributed by atoms with E-state index in [2.05, 4.69) is 5.32 Å². The molecule has 0 bridgehead atoms. The van der Waals surface area contributed by atoms with E-state index in [1.54, 1.807) is 6.07 Å². The molecule has 4 rings (SSSR count). The number of carbonyl (C=O) groups is 3. The van der Waals surface area contributed by atoms with Crippen molar-refractivity contribution in [3.63, 3.8) is 0 Å². The Bertz CT molecular complexity index is 1130. The molecule has 0 radical (unpaired) electrons. The Morgan fingerprint density at radius 2 is 1.96 bits per heavy atom. The zero-order valence-electron chi connectivity index (χ0n) is 14.1. The van der Waals surface area contributed by atoms with Gasteiger partial charge in [0.25, 0.3) is 5.91 Å². The number of imide groups is 1. The van der Waals surface area contributed by atoms with Crippen molar-refractivity contribution >= 4 is 39.6 Å². The fourth-order valence-electron chi connectivity index (χ4n) is 3.08. The van der Waals surface area contributed by atoms with Gasteiger partial charge in [-0.1, -0.05) is 30.3 Å². The molecular formula is C19H14N2O6. The Balaban J connectivity index is 1.62. The number of nitrogens with zero attached hydrogens (tertiary/aromatic N) is 1. The lowest BCUT2D eigenvalue weighted by molar-refractivity contribution is -0.147. The van der Waals surface area contributed by atoms with Crippen molar-refractivity contribution < 1.29 is 23.5 Å². The normalized spacial score (nSPS) is 14.0. The number of benzene rings is 2. The minimum Gasteiger partial charge on any atom is -0.459 e. The molecule has 1 aromatic heterocycles. The van der Waals surface area contributed by atoms with Gasteiger partial charge in [-0.3, -0.25) is 14.5 Å². The van der Waals surface area contributed by atoms with Crippen molar-refractivity contribution in [1.29, 1.82) is 0 Å². The molecule has 27 heavy (non-hydrogen) atoms. The van der Waals surface area contributed by atoms with E-state index in [4.69, 9.17) is 9.15 Å². The third kappa shape index (κ3) is 3.12. The van der Waals surface area contributed by atoms with E-state index in [0.29, 0.717) is 16.5 Å². The molecule has 3 amide bonds. The highest BCUT2D eigenvalue weighted by molar-refractivity contribution is 6.07. The number of nitrogens with one attached hydrogen (secondary N) is 1. The van der Waals surface area contributed by atoms with Gasteiger partial charge in [0, 0.05) is 17.0 Å². The second-order valence-corrected chi connectivity index (χ2v) is 6.05. The number of esters is 1. The molecule has 2 aromatic carbocycles. The lowest BCUT2D eigenvalue weighted by Gasteiger charge is -2.13. The van der Waals surface area contributed by atoms with E-state index in [1.807, 2.05) is 30.3 Å². The van der Waals surface area contributed by atoms with Gasteiger partial charge in [-0.05, 0) is 16.8 Å². The van der Waals surface area contributed by atoms with Crippen molar-refractivity contribution in [1.82, 2.24) is 10.2 Å². The van der Waals surface area contributed by atoms with Crippen LogP contribution in [0.25, 0.3) is 21.7 Å². The molecule has 1 fully saturated rings. The van der Waals surface area contributed by atoms with Crippen molar-refractivity contribution in [2.24, 2.45) is 0 Å². The van der Waals surface area contributed by atoms with Gasteiger partial charge in [-0.15, -0.1) is 0 Å². The van der Waals surface area contributed by atoms with Crippen molar-refractivity contribution in [2.45, 2.75) is 6.61 Å². The van der Waals surface area contributed by atoms with Crippen LogP contribution in [-0.2, 0) is 20.9 Å². The molecule has 136 valence electrons. The molecule has 8 nitrogen and oxygen atoms in total.